The molecule has 0 aliphatic carbocycles. The highest BCUT2D eigenvalue weighted by molar-refractivity contribution is 5.79. The van der Waals surface area contributed by atoms with Gasteiger partial charge in [0.1, 0.15) is 0 Å². The van der Waals surface area contributed by atoms with Crippen LogP contribution in [0.1, 0.15) is 11.1 Å². The Labute approximate surface area is 132 Å². The summed E-state index contributed by atoms with van der Waals surface area (Å²) in [5, 5.41) is 0. The lowest BCUT2D eigenvalue weighted by atomic mass is 10.2. The fourth-order valence-electron chi connectivity index (χ4n) is 1.82. The van der Waals surface area contributed by atoms with Gasteiger partial charge in [0.15, 0.2) is 0 Å². The highest BCUT2D eigenvalue weighted by Gasteiger charge is 1.81. The number of allylic oxidation sites excluding steroid dienone is 2. The molecule has 2 aromatic carbocycles. The predicted octanol–water partition coefficient (Wildman–Crippen LogP) is 4.55. The van der Waals surface area contributed by atoms with E-state index in [-0.39, 0.29) is 0 Å². The predicted molar refractivity (Wildman–Crippen MR) is 97.7 cm³/mol. The van der Waals surface area contributed by atoms with Crippen LogP contribution in [0.2, 0.25) is 0 Å². The summed E-state index contributed by atoms with van der Waals surface area (Å²) in [4.78, 5) is 8.59. The van der Waals surface area contributed by atoms with Crippen LogP contribution in [0, 0.1) is 0 Å². The summed E-state index contributed by atoms with van der Waals surface area (Å²) < 4.78 is 0. The third kappa shape index (κ3) is 6.62. The summed E-state index contributed by atoms with van der Waals surface area (Å²) >= 11 is 0. The molecule has 2 heteroatoms. The molecule has 0 amide bonds. The molecule has 22 heavy (non-hydrogen) atoms. The van der Waals surface area contributed by atoms with Gasteiger partial charge in [-0.2, -0.15) is 0 Å². The van der Waals surface area contributed by atoms with Crippen LogP contribution in [0.3, 0.4) is 0 Å². The van der Waals surface area contributed by atoms with Gasteiger partial charge >= 0.3 is 0 Å². The Bertz CT molecular complexity index is 578. The van der Waals surface area contributed by atoms with Crippen LogP contribution in [-0.4, -0.2) is 25.5 Å². The molecule has 0 bridgehead atoms. The molecule has 0 heterocycles. The van der Waals surface area contributed by atoms with Crippen molar-refractivity contribution in [2.45, 2.75) is 0 Å². The Morgan fingerprint density at radius 2 is 1.00 bits per heavy atom. The Morgan fingerprint density at radius 1 is 0.591 bits per heavy atom. The first-order valence-corrected chi connectivity index (χ1v) is 7.38. The van der Waals surface area contributed by atoms with E-state index in [0.717, 1.165) is 0 Å². The van der Waals surface area contributed by atoms with Gasteiger partial charge in [-0.15, -0.1) is 0 Å². The Balaban J connectivity index is 1.62. The number of benzene rings is 2. The SMILES string of the molecule is C(=Cc1ccccc1)C=NCCN=CC=Cc1ccccc1. The molecule has 0 unspecified atom stereocenters. The fraction of sp³-hybridized carbons (Fsp3) is 0.100. The summed E-state index contributed by atoms with van der Waals surface area (Å²) in [5.41, 5.74) is 2.36. The van der Waals surface area contributed by atoms with Crippen LogP contribution in [0.25, 0.3) is 12.2 Å². The number of hydrogen-bond acceptors (Lipinski definition) is 2. The van der Waals surface area contributed by atoms with Crippen molar-refractivity contribution in [1.29, 1.82) is 0 Å². The molecular formula is C20H20N2. The molecule has 2 nitrogen and oxygen atoms in total. The van der Waals surface area contributed by atoms with Crippen LogP contribution >= 0.6 is 0 Å². The summed E-state index contributed by atoms with van der Waals surface area (Å²) in [7, 11) is 0. The van der Waals surface area contributed by atoms with Gasteiger partial charge < -0.3 is 0 Å². The number of aliphatic imine (C=N–C) groups is 2. The molecule has 0 aromatic heterocycles. The first-order valence-electron chi connectivity index (χ1n) is 7.38. The van der Waals surface area contributed by atoms with Gasteiger partial charge in [-0.25, -0.2) is 0 Å². The van der Waals surface area contributed by atoms with Crippen molar-refractivity contribution in [3.05, 3.63) is 83.9 Å². The largest absolute Gasteiger partial charge is 0.291 e. The number of hydrogen-bond donors (Lipinski definition) is 0. The van der Waals surface area contributed by atoms with E-state index in [1.807, 2.05) is 73.1 Å². The molecule has 0 saturated heterocycles. The van der Waals surface area contributed by atoms with Crippen molar-refractivity contribution in [3.63, 3.8) is 0 Å². The lowest BCUT2D eigenvalue weighted by Gasteiger charge is -1.89. The summed E-state index contributed by atoms with van der Waals surface area (Å²) in [6, 6.07) is 20.4. The number of nitrogens with zero attached hydrogens (tertiary/aromatic N) is 2. The van der Waals surface area contributed by atoms with E-state index in [0.29, 0.717) is 13.1 Å². The van der Waals surface area contributed by atoms with E-state index in [9.17, 15) is 0 Å². The van der Waals surface area contributed by atoms with Crippen molar-refractivity contribution in [2.75, 3.05) is 13.1 Å². The van der Waals surface area contributed by atoms with Crippen LogP contribution in [0.15, 0.2) is 82.8 Å². The van der Waals surface area contributed by atoms with Gasteiger partial charge in [0.25, 0.3) is 0 Å². The van der Waals surface area contributed by atoms with Crippen LogP contribution in [-0.2, 0) is 0 Å². The topological polar surface area (TPSA) is 24.7 Å². The third-order valence-corrected chi connectivity index (χ3v) is 2.92. The zero-order valence-electron chi connectivity index (χ0n) is 12.5. The average molecular weight is 288 g/mol. The van der Waals surface area contributed by atoms with Gasteiger partial charge in [-0.1, -0.05) is 72.8 Å². The minimum absolute atomic E-state index is 0.703. The summed E-state index contributed by atoms with van der Waals surface area (Å²) in [6.07, 6.45) is 11.6. The van der Waals surface area contributed by atoms with E-state index in [2.05, 4.69) is 34.3 Å². The highest BCUT2D eigenvalue weighted by Crippen LogP contribution is 2.00. The maximum Gasteiger partial charge on any atom is 0.0585 e. The lowest BCUT2D eigenvalue weighted by Crippen LogP contribution is -1.86. The van der Waals surface area contributed by atoms with E-state index in [4.69, 9.17) is 0 Å². The van der Waals surface area contributed by atoms with E-state index in [1.54, 1.807) is 0 Å². The van der Waals surface area contributed by atoms with Crippen molar-refractivity contribution in [2.24, 2.45) is 9.98 Å². The molecule has 2 rings (SSSR count). The lowest BCUT2D eigenvalue weighted by molar-refractivity contribution is 0.986. The molecule has 0 spiro atoms. The minimum Gasteiger partial charge on any atom is -0.291 e. The Kier molecular flexibility index (Phi) is 7.15. The second-order valence-electron chi connectivity index (χ2n) is 4.65. The third-order valence-electron chi connectivity index (χ3n) is 2.92. The summed E-state index contributed by atoms with van der Waals surface area (Å²) in [6.45, 7) is 1.41. The summed E-state index contributed by atoms with van der Waals surface area (Å²) in [5.74, 6) is 0. The Hall–Kier alpha value is -2.74. The monoisotopic (exact) mass is 288 g/mol. The highest BCUT2D eigenvalue weighted by atomic mass is 14.8. The molecule has 110 valence electrons. The second kappa shape index (κ2) is 10.1. The maximum atomic E-state index is 4.29. The molecule has 0 N–H and O–H groups in total. The van der Waals surface area contributed by atoms with Gasteiger partial charge in [0.2, 0.25) is 0 Å². The van der Waals surface area contributed by atoms with E-state index < -0.39 is 0 Å². The van der Waals surface area contributed by atoms with E-state index in [1.165, 1.54) is 11.1 Å². The van der Waals surface area contributed by atoms with Crippen molar-refractivity contribution >= 4 is 24.6 Å². The maximum absolute atomic E-state index is 4.29. The normalized spacial score (nSPS) is 12.2. The van der Waals surface area contributed by atoms with E-state index >= 15 is 0 Å². The van der Waals surface area contributed by atoms with Crippen LogP contribution in [0.5, 0.6) is 0 Å². The molecule has 0 saturated carbocycles. The molecule has 0 aliphatic rings. The Morgan fingerprint density at radius 3 is 1.41 bits per heavy atom. The standard InChI is InChI=1S/C20H20N2/c1-3-9-19(10-4-1)13-7-15-21-17-18-22-16-8-14-20-11-5-2-6-12-20/h1-16H,17-18H2. The smallest absolute Gasteiger partial charge is 0.0585 e. The van der Waals surface area contributed by atoms with Gasteiger partial charge in [-0.3, -0.25) is 9.98 Å². The molecule has 2 aromatic rings. The molecule has 0 radical (unpaired) electrons. The quantitative estimate of drug-likeness (QED) is 0.527. The number of rotatable bonds is 7. The van der Waals surface area contributed by atoms with Crippen molar-refractivity contribution < 1.29 is 0 Å². The molecule has 0 aliphatic heterocycles. The zero-order valence-corrected chi connectivity index (χ0v) is 12.5. The average Bonchev–Trinajstić information content (AvgIpc) is 2.58. The molecule has 0 fully saturated rings. The fourth-order valence-corrected chi connectivity index (χ4v) is 1.82. The van der Waals surface area contributed by atoms with Gasteiger partial charge in [0, 0.05) is 12.4 Å². The van der Waals surface area contributed by atoms with Gasteiger partial charge in [-0.05, 0) is 23.3 Å². The van der Waals surface area contributed by atoms with Crippen molar-refractivity contribution in [1.82, 2.24) is 0 Å². The van der Waals surface area contributed by atoms with Crippen molar-refractivity contribution in [3.8, 4) is 0 Å². The van der Waals surface area contributed by atoms with Gasteiger partial charge in [0.05, 0.1) is 13.1 Å². The first-order chi connectivity index (χ1) is 10.9. The minimum atomic E-state index is 0.703. The van der Waals surface area contributed by atoms with Crippen LogP contribution in [0.4, 0.5) is 0 Å². The molecular weight excluding hydrogens is 268 g/mol. The van der Waals surface area contributed by atoms with Crippen LogP contribution < -0.4 is 0 Å². The second-order valence-corrected chi connectivity index (χ2v) is 4.65. The first kappa shape index (κ1) is 15.6. The molecule has 0 atom stereocenters. The zero-order chi connectivity index (χ0) is 15.3.